The van der Waals surface area contributed by atoms with Gasteiger partial charge in [0.25, 0.3) is 11.7 Å². The van der Waals surface area contributed by atoms with Gasteiger partial charge in [-0.15, -0.1) is 23.2 Å². The zero-order valence-electron chi connectivity index (χ0n) is 10.5. The number of hydrogen-bond acceptors (Lipinski definition) is 2. The van der Waals surface area contributed by atoms with E-state index in [9.17, 15) is 9.59 Å². The van der Waals surface area contributed by atoms with Gasteiger partial charge in [-0.1, -0.05) is 6.07 Å². The first kappa shape index (κ1) is 14.4. The molecule has 0 saturated heterocycles. The molecular weight excluding hydrogens is 285 g/mol. The van der Waals surface area contributed by atoms with Gasteiger partial charge >= 0.3 is 0 Å². The molecule has 0 bridgehead atoms. The maximum absolute atomic E-state index is 11.8. The summed E-state index contributed by atoms with van der Waals surface area (Å²) in [7, 11) is 0. The number of fused-ring (bicyclic) bond motifs is 1. The number of nitrogens with one attached hydrogen (secondary N) is 1. The minimum Gasteiger partial charge on any atom is -0.318 e. The number of carbonyl (C=O) groups is 2. The van der Waals surface area contributed by atoms with E-state index in [-0.39, 0.29) is 0 Å². The highest BCUT2D eigenvalue weighted by Crippen LogP contribution is 2.30. The van der Waals surface area contributed by atoms with E-state index in [1.54, 1.807) is 6.07 Å². The van der Waals surface area contributed by atoms with Crippen molar-refractivity contribution in [3.63, 3.8) is 0 Å². The van der Waals surface area contributed by atoms with E-state index < -0.39 is 11.7 Å². The van der Waals surface area contributed by atoms with Crippen LogP contribution in [0.5, 0.6) is 0 Å². The number of alkyl halides is 2. The Morgan fingerprint density at radius 2 is 1.68 bits per heavy atom. The first-order valence-electron chi connectivity index (χ1n) is 6.30. The van der Waals surface area contributed by atoms with Gasteiger partial charge in [-0.2, -0.15) is 0 Å². The number of hydrogen-bond donors (Lipinski definition) is 1. The first-order chi connectivity index (χ1) is 9.17. The average molecular weight is 300 g/mol. The summed E-state index contributed by atoms with van der Waals surface area (Å²) in [5, 5.41) is 2.65. The molecule has 19 heavy (non-hydrogen) atoms. The van der Waals surface area contributed by atoms with Crippen molar-refractivity contribution in [3.8, 4) is 0 Å². The maximum atomic E-state index is 11.8. The Morgan fingerprint density at radius 1 is 1.00 bits per heavy atom. The topological polar surface area (TPSA) is 46.2 Å². The van der Waals surface area contributed by atoms with Crippen molar-refractivity contribution < 1.29 is 9.59 Å². The minimum absolute atomic E-state index is 0.449. The molecule has 0 spiro atoms. The van der Waals surface area contributed by atoms with Gasteiger partial charge in [0, 0.05) is 11.8 Å². The van der Waals surface area contributed by atoms with Gasteiger partial charge in [-0.3, -0.25) is 9.59 Å². The number of carbonyl (C=O) groups excluding carboxylic acids is 2. The normalized spacial score (nSPS) is 13.6. The maximum Gasteiger partial charge on any atom is 0.296 e. The molecule has 1 amide bonds. The molecule has 0 radical (unpaired) electrons. The fourth-order valence-corrected chi connectivity index (χ4v) is 2.52. The second kappa shape index (κ2) is 6.40. The molecule has 1 aliphatic heterocycles. The van der Waals surface area contributed by atoms with E-state index in [1.807, 2.05) is 6.07 Å². The van der Waals surface area contributed by atoms with Crippen molar-refractivity contribution in [2.45, 2.75) is 25.7 Å². The molecule has 0 fully saturated rings. The number of aryl methyl sites for hydroxylation is 2. The Kier molecular flexibility index (Phi) is 4.83. The lowest BCUT2D eigenvalue weighted by Crippen LogP contribution is -2.12. The molecule has 0 aliphatic carbocycles. The molecule has 3 nitrogen and oxygen atoms in total. The van der Waals surface area contributed by atoms with Gasteiger partial charge in [0.15, 0.2) is 0 Å². The predicted molar refractivity (Wildman–Crippen MR) is 77.5 cm³/mol. The molecule has 5 heteroatoms. The minimum atomic E-state index is -0.545. The van der Waals surface area contributed by atoms with E-state index in [0.717, 1.165) is 36.8 Å². The Hall–Kier alpha value is -1.06. The first-order valence-corrected chi connectivity index (χ1v) is 7.37. The Labute approximate surface area is 122 Å². The molecule has 1 aromatic rings. The highest BCUT2D eigenvalue weighted by Gasteiger charge is 2.30. The molecule has 0 unspecified atom stereocenters. The Morgan fingerprint density at radius 3 is 2.37 bits per heavy atom. The lowest BCUT2D eigenvalue weighted by Gasteiger charge is -2.10. The zero-order valence-corrected chi connectivity index (χ0v) is 12.0. The SMILES string of the molecule is O=C1Nc2c(CCCCl)cc(CCCCl)cc2C1=O. The summed E-state index contributed by atoms with van der Waals surface area (Å²) in [6.45, 7) is 0. The molecule has 1 aromatic carbocycles. The molecule has 0 saturated carbocycles. The van der Waals surface area contributed by atoms with E-state index in [0.29, 0.717) is 23.0 Å². The summed E-state index contributed by atoms with van der Waals surface area (Å²) < 4.78 is 0. The van der Waals surface area contributed by atoms with Crippen LogP contribution in [0.4, 0.5) is 5.69 Å². The number of Topliss-reactive ketones (excluding diaryl/α,β-unsaturated/α-hetero) is 1. The smallest absolute Gasteiger partial charge is 0.296 e. The summed E-state index contributed by atoms with van der Waals surface area (Å²) in [6.07, 6.45) is 3.24. The fourth-order valence-electron chi connectivity index (χ4n) is 2.26. The molecular formula is C14H15Cl2NO2. The van der Waals surface area contributed by atoms with Gasteiger partial charge in [0.05, 0.1) is 11.3 Å². The van der Waals surface area contributed by atoms with Crippen molar-refractivity contribution >= 4 is 40.6 Å². The standard InChI is InChI=1S/C14H15Cl2NO2/c15-5-1-3-9-7-10(4-2-6-16)12-11(8-9)13(18)14(19)17-12/h7-8H,1-6H2,(H,17,18,19). The van der Waals surface area contributed by atoms with Gasteiger partial charge in [-0.25, -0.2) is 0 Å². The number of ketones is 1. The number of halogens is 2. The summed E-state index contributed by atoms with van der Waals surface area (Å²) in [5.74, 6) is 0.147. The van der Waals surface area contributed by atoms with E-state index in [2.05, 4.69) is 5.32 Å². The van der Waals surface area contributed by atoms with Crippen molar-refractivity contribution in [2.24, 2.45) is 0 Å². The third-order valence-corrected chi connectivity index (χ3v) is 3.68. The summed E-state index contributed by atoms with van der Waals surface area (Å²) in [4.78, 5) is 23.3. The largest absolute Gasteiger partial charge is 0.318 e. The van der Waals surface area contributed by atoms with Crippen LogP contribution in [0.25, 0.3) is 0 Å². The Balaban J connectivity index is 2.35. The molecule has 0 atom stereocenters. The average Bonchev–Trinajstić information content (AvgIpc) is 2.70. The van der Waals surface area contributed by atoms with Gasteiger partial charge in [-0.05, 0) is 42.9 Å². The highest BCUT2D eigenvalue weighted by atomic mass is 35.5. The van der Waals surface area contributed by atoms with Crippen LogP contribution in [0.2, 0.25) is 0 Å². The molecule has 102 valence electrons. The van der Waals surface area contributed by atoms with Crippen LogP contribution in [-0.4, -0.2) is 23.5 Å². The second-order valence-electron chi connectivity index (χ2n) is 4.55. The highest BCUT2D eigenvalue weighted by molar-refractivity contribution is 6.51. The second-order valence-corrected chi connectivity index (χ2v) is 5.30. The molecule has 0 aromatic heterocycles. The third kappa shape index (κ3) is 3.10. The summed E-state index contributed by atoms with van der Waals surface area (Å²) in [6, 6.07) is 3.84. The Bertz CT molecular complexity index is 514. The molecule has 2 rings (SSSR count). The van der Waals surface area contributed by atoms with E-state index >= 15 is 0 Å². The number of rotatable bonds is 6. The van der Waals surface area contributed by atoms with E-state index in [1.165, 1.54) is 0 Å². The molecule has 1 aliphatic rings. The number of benzene rings is 1. The van der Waals surface area contributed by atoms with Gasteiger partial charge in [0.1, 0.15) is 0 Å². The van der Waals surface area contributed by atoms with Crippen LogP contribution in [-0.2, 0) is 17.6 Å². The summed E-state index contributed by atoms with van der Waals surface area (Å²) >= 11 is 11.4. The summed E-state index contributed by atoms with van der Waals surface area (Å²) in [5.41, 5.74) is 3.19. The number of anilines is 1. The lowest BCUT2D eigenvalue weighted by molar-refractivity contribution is -0.112. The lowest BCUT2D eigenvalue weighted by atomic mass is 9.97. The van der Waals surface area contributed by atoms with Crippen LogP contribution in [0, 0.1) is 0 Å². The van der Waals surface area contributed by atoms with Crippen LogP contribution in [0.15, 0.2) is 12.1 Å². The number of amides is 1. The fraction of sp³-hybridized carbons (Fsp3) is 0.429. The zero-order chi connectivity index (χ0) is 13.8. The molecule has 1 heterocycles. The van der Waals surface area contributed by atoms with Crippen molar-refractivity contribution in [2.75, 3.05) is 17.1 Å². The van der Waals surface area contributed by atoms with Crippen molar-refractivity contribution in [1.29, 1.82) is 0 Å². The van der Waals surface area contributed by atoms with Crippen molar-refractivity contribution in [3.05, 3.63) is 28.8 Å². The van der Waals surface area contributed by atoms with Crippen molar-refractivity contribution in [1.82, 2.24) is 0 Å². The quantitative estimate of drug-likeness (QED) is 0.648. The van der Waals surface area contributed by atoms with Crippen LogP contribution >= 0.6 is 23.2 Å². The van der Waals surface area contributed by atoms with Gasteiger partial charge < -0.3 is 5.32 Å². The third-order valence-electron chi connectivity index (χ3n) is 3.15. The molecule has 1 N–H and O–H groups in total. The van der Waals surface area contributed by atoms with Crippen LogP contribution in [0.3, 0.4) is 0 Å². The van der Waals surface area contributed by atoms with Crippen LogP contribution < -0.4 is 5.32 Å². The van der Waals surface area contributed by atoms with Crippen LogP contribution in [0.1, 0.15) is 34.3 Å². The monoisotopic (exact) mass is 299 g/mol. The predicted octanol–water partition coefficient (Wildman–Crippen LogP) is 3.16. The van der Waals surface area contributed by atoms with E-state index in [4.69, 9.17) is 23.2 Å². The van der Waals surface area contributed by atoms with Gasteiger partial charge in [0.2, 0.25) is 0 Å².